The molecule has 1 aliphatic rings. The number of carbonyl (C=O) groups excluding carboxylic acids is 1. The van der Waals surface area contributed by atoms with Crippen molar-refractivity contribution < 1.29 is 9.82 Å². The van der Waals surface area contributed by atoms with Gasteiger partial charge in [0.1, 0.15) is 0 Å². The molecular weight excluding hydrogens is 283 g/mol. The molecule has 6 heteroatoms. The van der Waals surface area contributed by atoms with E-state index in [1.165, 1.54) is 11.8 Å². The number of benzene rings is 2. The number of hydrogen-bond acceptors (Lipinski definition) is 4. The van der Waals surface area contributed by atoms with Gasteiger partial charge in [-0.15, -0.1) is 11.8 Å². The molecule has 0 bridgehead atoms. The van der Waals surface area contributed by atoms with Gasteiger partial charge in [0.15, 0.2) is 0 Å². The van der Waals surface area contributed by atoms with Crippen molar-refractivity contribution in [1.82, 2.24) is 4.92 Å². The van der Waals surface area contributed by atoms with Crippen LogP contribution in [0.2, 0.25) is 0 Å². The zero-order valence-electron chi connectivity index (χ0n) is 11.4. The molecule has 0 unspecified atom stereocenters. The van der Waals surface area contributed by atoms with Gasteiger partial charge in [0.25, 0.3) is 5.91 Å². The number of hydrazone groups is 1. The molecule has 1 N–H and O–H groups in total. The van der Waals surface area contributed by atoms with Gasteiger partial charge in [-0.1, -0.05) is 36.4 Å². The van der Waals surface area contributed by atoms with Crippen LogP contribution in [-0.4, -0.2) is 35.4 Å². The Morgan fingerprint density at radius 2 is 1.90 bits per heavy atom. The number of carbonyl (C=O) groups is 1. The van der Waals surface area contributed by atoms with Gasteiger partial charge in [-0.25, -0.2) is 4.92 Å². The summed E-state index contributed by atoms with van der Waals surface area (Å²) in [4.78, 5) is 14.6. The third-order valence-corrected chi connectivity index (χ3v) is 4.17. The van der Waals surface area contributed by atoms with Crippen molar-refractivity contribution in [2.75, 3.05) is 6.26 Å². The summed E-state index contributed by atoms with van der Waals surface area (Å²) < 4.78 is 0. The summed E-state index contributed by atoms with van der Waals surface area (Å²) in [6.45, 7) is 0. The minimum absolute atomic E-state index is 0.307. The molecular formula is C15H13BN2O2S. The van der Waals surface area contributed by atoms with Crippen LogP contribution in [0.5, 0.6) is 0 Å². The molecule has 0 atom stereocenters. The maximum Gasteiger partial charge on any atom is 0.474 e. The second-order valence-corrected chi connectivity index (χ2v) is 5.45. The highest BCUT2D eigenvalue weighted by atomic mass is 32.2. The monoisotopic (exact) mass is 296 g/mol. The highest BCUT2D eigenvalue weighted by molar-refractivity contribution is 7.98. The zero-order valence-corrected chi connectivity index (χ0v) is 12.2. The summed E-state index contributed by atoms with van der Waals surface area (Å²) in [6.07, 6.45) is 3.51. The molecule has 0 spiro atoms. The number of rotatable bonds is 2. The molecule has 2 aromatic carbocycles. The average Bonchev–Trinajstić information content (AvgIpc) is 2.55. The first-order valence-corrected chi connectivity index (χ1v) is 7.72. The highest BCUT2D eigenvalue weighted by Gasteiger charge is 2.34. The van der Waals surface area contributed by atoms with Gasteiger partial charge in [-0.2, -0.15) is 5.10 Å². The second kappa shape index (κ2) is 5.75. The first kappa shape index (κ1) is 13.9. The Morgan fingerprint density at radius 3 is 2.71 bits per heavy atom. The van der Waals surface area contributed by atoms with Crippen LogP contribution < -0.4 is 5.46 Å². The molecule has 0 aliphatic carbocycles. The van der Waals surface area contributed by atoms with Crippen LogP contribution in [-0.2, 0) is 0 Å². The largest absolute Gasteiger partial charge is 0.474 e. The number of amides is 1. The van der Waals surface area contributed by atoms with E-state index in [2.05, 4.69) is 5.10 Å². The normalized spacial score (nSPS) is 13.2. The maximum atomic E-state index is 12.6. The standard InChI is InChI=1S/C15H13BN2O2S/c1-21-14-9-5-3-7-12(14)15(19)18-16(20)13-8-4-2-6-11(13)10-17-18/h2-10,20H,1H3. The van der Waals surface area contributed by atoms with Gasteiger partial charge in [0.05, 0.1) is 11.8 Å². The van der Waals surface area contributed by atoms with Gasteiger partial charge in [0.2, 0.25) is 0 Å². The van der Waals surface area contributed by atoms with Crippen LogP contribution in [0.4, 0.5) is 0 Å². The van der Waals surface area contributed by atoms with Gasteiger partial charge in [-0.3, -0.25) is 4.79 Å². The number of fused-ring (bicyclic) bond motifs is 1. The Hall–Kier alpha value is -2.05. The summed E-state index contributed by atoms with van der Waals surface area (Å²) in [7, 11) is -1.06. The van der Waals surface area contributed by atoms with Crippen molar-refractivity contribution >= 4 is 36.4 Å². The van der Waals surface area contributed by atoms with E-state index in [9.17, 15) is 9.82 Å². The fourth-order valence-electron chi connectivity index (χ4n) is 2.29. The van der Waals surface area contributed by atoms with Crippen molar-refractivity contribution in [2.24, 2.45) is 5.10 Å². The van der Waals surface area contributed by atoms with E-state index in [0.717, 1.165) is 15.4 Å². The summed E-state index contributed by atoms with van der Waals surface area (Å²) >= 11 is 1.49. The fourth-order valence-corrected chi connectivity index (χ4v) is 2.88. The van der Waals surface area contributed by atoms with E-state index in [-0.39, 0.29) is 5.91 Å². The highest BCUT2D eigenvalue weighted by Crippen LogP contribution is 2.22. The Balaban J connectivity index is 1.97. The van der Waals surface area contributed by atoms with E-state index in [4.69, 9.17) is 0 Å². The van der Waals surface area contributed by atoms with E-state index in [0.29, 0.717) is 11.0 Å². The minimum Gasteiger partial charge on any atom is -0.427 e. The Kier molecular flexibility index (Phi) is 3.81. The molecule has 0 radical (unpaired) electrons. The lowest BCUT2D eigenvalue weighted by molar-refractivity contribution is 0.0843. The Morgan fingerprint density at radius 1 is 1.19 bits per heavy atom. The molecule has 1 amide bonds. The fraction of sp³-hybridized carbons (Fsp3) is 0.0667. The zero-order chi connectivity index (χ0) is 14.8. The van der Waals surface area contributed by atoms with Crippen LogP contribution in [0.1, 0.15) is 15.9 Å². The third-order valence-electron chi connectivity index (χ3n) is 3.37. The summed E-state index contributed by atoms with van der Waals surface area (Å²) in [5.41, 5.74) is 2.05. The van der Waals surface area contributed by atoms with E-state index in [1.807, 2.05) is 36.6 Å². The van der Waals surface area contributed by atoms with Crippen LogP contribution in [0.3, 0.4) is 0 Å². The van der Waals surface area contributed by atoms with E-state index >= 15 is 0 Å². The summed E-state index contributed by atoms with van der Waals surface area (Å²) in [5.74, 6) is -0.307. The smallest absolute Gasteiger partial charge is 0.427 e. The lowest BCUT2D eigenvalue weighted by atomic mass is 9.69. The predicted octanol–water partition coefficient (Wildman–Crippen LogP) is 1.59. The molecule has 0 aromatic heterocycles. The topological polar surface area (TPSA) is 52.9 Å². The average molecular weight is 296 g/mol. The van der Waals surface area contributed by atoms with Gasteiger partial charge >= 0.3 is 7.05 Å². The van der Waals surface area contributed by atoms with Crippen molar-refractivity contribution in [3.8, 4) is 0 Å². The maximum absolute atomic E-state index is 12.6. The first-order valence-electron chi connectivity index (χ1n) is 6.50. The van der Waals surface area contributed by atoms with Crippen LogP contribution in [0, 0.1) is 0 Å². The SMILES string of the molecule is CSc1ccccc1C(=O)N1N=Cc2ccccc2B1O. The number of nitrogens with zero attached hydrogens (tertiary/aromatic N) is 2. The Bertz CT molecular complexity index is 720. The van der Waals surface area contributed by atoms with Crippen molar-refractivity contribution in [2.45, 2.75) is 4.90 Å². The van der Waals surface area contributed by atoms with Crippen molar-refractivity contribution in [3.63, 3.8) is 0 Å². The van der Waals surface area contributed by atoms with E-state index in [1.54, 1.807) is 24.4 Å². The quantitative estimate of drug-likeness (QED) is 0.676. The molecule has 104 valence electrons. The molecule has 0 fully saturated rings. The molecule has 0 saturated heterocycles. The minimum atomic E-state index is -1.06. The molecule has 1 heterocycles. The van der Waals surface area contributed by atoms with Crippen LogP contribution >= 0.6 is 11.8 Å². The Labute approximate surface area is 127 Å². The molecule has 21 heavy (non-hydrogen) atoms. The second-order valence-electron chi connectivity index (χ2n) is 4.60. The number of hydrogen-bond donors (Lipinski definition) is 1. The molecule has 4 nitrogen and oxygen atoms in total. The van der Waals surface area contributed by atoms with E-state index < -0.39 is 7.05 Å². The molecule has 2 aromatic rings. The molecule has 1 aliphatic heterocycles. The predicted molar refractivity (Wildman–Crippen MR) is 86.0 cm³/mol. The van der Waals surface area contributed by atoms with Gasteiger partial charge in [-0.05, 0) is 29.4 Å². The molecule has 0 saturated carbocycles. The van der Waals surface area contributed by atoms with Crippen molar-refractivity contribution in [3.05, 3.63) is 59.7 Å². The van der Waals surface area contributed by atoms with Gasteiger partial charge < -0.3 is 5.02 Å². The van der Waals surface area contributed by atoms with Crippen LogP contribution in [0.25, 0.3) is 0 Å². The lowest BCUT2D eigenvalue weighted by Gasteiger charge is -2.25. The summed E-state index contributed by atoms with van der Waals surface area (Å²) in [5, 5.41) is 14.5. The molecule has 3 rings (SSSR count). The lowest BCUT2D eigenvalue weighted by Crippen LogP contribution is -2.52. The van der Waals surface area contributed by atoms with Crippen LogP contribution in [0.15, 0.2) is 58.5 Å². The van der Waals surface area contributed by atoms with Gasteiger partial charge in [0, 0.05) is 4.90 Å². The number of thioether (sulfide) groups is 1. The van der Waals surface area contributed by atoms with Crippen molar-refractivity contribution in [1.29, 1.82) is 0 Å². The first-order chi connectivity index (χ1) is 10.2. The third kappa shape index (κ3) is 2.48. The summed E-state index contributed by atoms with van der Waals surface area (Å²) in [6, 6.07) is 14.7.